The number of para-hydroxylation sites is 1. The van der Waals surface area contributed by atoms with Crippen LogP contribution >= 0.6 is 22.6 Å². The summed E-state index contributed by atoms with van der Waals surface area (Å²) in [6, 6.07) is 5.95. The Bertz CT molecular complexity index is 465. The minimum atomic E-state index is 0.814. The fourth-order valence-corrected chi connectivity index (χ4v) is 1.74. The summed E-state index contributed by atoms with van der Waals surface area (Å²) in [6.45, 7) is 3.66. The second-order valence-electron chi connectivity index (χ2n) is 2.61. The normalized spacial score (nSPS) is 10.2. The van der Waals surface area contributed by atoms with E-state index in [1.165, 1.54) is 0 Å². The number of aromatic nitrogens is 2. The van der Waals surface area contributed by atoms with E-state index in [-0.39, 0.29) is 0 Å². The first kappa shape index (κ1) is 8.62. The molecular weight excluding hydrogens is 275 g/mol. The van der Waals surface area contributed by atoms with E-state index in [0.717, 1.165) is 20.3 Å². The molecule has 0 saturated heterocycles. The van der Waals surface area contributed by atoms with Crippen molar-refractivity contribution in [2.45, 2.75) is 0 Å². The molecule has 0 aliphatic carbocycles. The molecule has 13 heavy (non-hydrogen) atoms. The molecule has 3 heteroatoms. The Morgan fingerprint density at radius 3 is 3.00 bits per heavy atom. The van der Waals surface area contributed by atoms with Crippen molar-refractivity contribution in [1.82, 2.24) is 9.97 Å². The van der Waals surface area contributed by atoms with Crippen molar-refractivity contribution in [3.8, 4) is 0 Å². The van der Waals surface area contributed by atoms with Crippen molar-refractivity contribution >= 4 is 39.7 Å². The van der Waals surface area contributed by atoms with Crippen LogP contribution in [0.4, 0.5) is 0 Å². The van der Waals surface area contributed by atoms with E-state index in [9.17, 15) is 0 Å². The van der Waals surface area contributed by atoms with Gasteiger partial charge in [0.2, 0.25) is 0 Å². The molecule has 0 unspecified atom stereocenters. The number of hydrogen-bond donors (Lipinski definition) is 0. The lowest BCUT2D eigenvalue weighted by Gasteiger charge is -1.99. The molecule has 64 valence electrons. The van der Waals surface area contributed by atoms with Gasteiger partial charge in [-0.05, 0) is 40.8 Å². The molecule has 1 aromatic heterocycles. The number of benzene rings is 1. The molecule has 0 atom stereocenters. The first-order valence-corrected chi connectivity index (χ1v) is 4.93. The van der Waals surface area contributed by atoms with Gasteiger partial charge in [-0.1, -0.05) is 12.6 Å². The Morgan fingerprint density at radius 2 is 2.23 bits per heavy atom. The molecule has 1 heterocycles. The third-order valence-corrected chi connectivity index (χ3v) is 2.62. The second kappa shape index (κ2) is 3.41. The van der Waals surface area contributed by atoms with Gasteiger partial charge in [0.1, 0.15) is 5.52 Å². The third kappa shape index (κ3) is 1.56. The molecule has 2 nitrogen and oxygen atoms in total. The molecule has 0 saturated carbocycles. The fourth-order valence-electron chi connectivity index (χ4n) is 1.12. The largest absolute Gasteiger partial charge is 0.251 e. The van der Waals surface area contributed by atoms with Crippen LogP contribution in [0.2, 0.25) is 0 Å². The van der Waals surface area contributed by atoms with Crippen LogP contribution in [-0.2, 0) is 0 Å². The van der Waals surface area contributed by atoms with E-state index < -0.39 is 0 Å². The Morgan fingerprint density at radius 1 is 1.38 bits per heavy atom. The average molecular weight is 282 g/mol. The smallest absolute Gasteiger partial charge is 0.102 e. The van der Waals surface area contributed by atoms with Gasteiger partial charge in [0.15, 0.2) is 0 Å². The number of fused-ring (bicyclic) bond motifs is 1. The van der Waals surface area contributed by atoms with Gasteiger partial charge in [0.25, 0.3) is 0 Å². The van der Waals surface area contributed by atoms with Crippen LogP contribution in [0.25, 0.3) is 17.1 Å². The summed E-state index contributed by atoms with van der Waals surface area (Å²) in [5, 5.41) is 0. The van der Waals surface area contributed by atoms with Crippen molar-refractivity contribution in [2.24, 2.45) is 0 Å². The molecule has 2 aromatic rings. The minimum Gasteiger partial charge on any atom is -0.251 e. The number of hydrogen-bond acceptors (Lipinski definition) is 2. The highest BCUT2D eigenvalue weighted by molar-refractivity contribution is 14.1. The predicted molar refractivity (Wildman–Crippen MR) is 62.3 cm³/mol. The minimum absolute atomic E-state index is 0.814. The highest BCUT2D eigenvalue weighted by atomic mass is 127. The third-order valence-electron chi connectivity index (χ3n) is 1.75. The Kier molecular flexibility index (Phi) is 2.26. The van der Waals surface area contributed by atoms with E-state index >= 15 is 0 Å². The maximum Gasteiger partial charge on any atom is 0.102 e. The molecule has 0 aliphatic rings. The van der Waals surface area contributed by atoms with Gasteiger partial charge < -0.3 is 0 Å². The summed E-state index contributed by atoms with van der Waals surface area (Å²) in [4.78, 5) is 8.68. The summed E-state index contributed by atoms with van der Waals surface area (Å²) in [5.41, 5.74) is 2.69. The van der Waals surface area contributed by atoms with Gasteiger partial charge in [0, 0.05) is 3.57 Å². The van der Waals surface area contributed by atoms with Gasteiger partial charge >= 0.3 is 0 Å². The van der Waals surface area contributed by atoms with Crippen molar-refractivity contribution in [1.29, 1.82) is 0 Å². The fraction of sp³-hybridized carbons (Fsp3) is 0. The molecule has 0 N–H and O–H groups in total. The summed E-state index contributed by atoms with van der Waals surface area (Å²) >= 11 is 2.25. The molecule has 0 fully saturated rings. The first-order chi connectivity index (χ1) is 6.31. The Balaban J connectivity index is 2.79. The van der Waals surface area contributed by atoms with Crippen LogP contribution in [-0.4, -0.2) is 9.97 Å². The van der Waals surface area contributed by atoms with Crippen LogP contribution in [0.1, 0.15) is 5.69 Å². The number of nitrogens with zero attached hydrogens (tertiary/aromatic N) is 2. The lowest BCUT2D eigenvalue weighted by molar-refractivity contribution is 1.26. The standard InChI is InChI=1S/C10H7IN2/c1-2-7-6-12-10-8(11)4-3-5-9(10)13-7/h2-6H,1H2. The first-order valence-electron chi connectivity index (χ1n) is 3.85. The zero-order valence-corrected chi connectivity index (χ0v) is 9.02. The van der Waals surface area contributed by atoms with Crippen molar-refractivity contribution in [3.05, 3.63) is 40.2 Å². The van der Waals surface area contributed by atoms with Gasteiger partial charge in [-0.25, -0.2) is 4.98 Å². The van der Waals surface area contributed by atoms with Crippen molar-refractivity contribution in [2.75, 3.05) is 0 Å². The monoisotopic (exact) mass is 282 g/mol. The van der Waals surface area contributed by atoms with E-state index in [1.807, 2.05) is 18.2 Å². The van der Waals surface area contributed by atoms with Crippen LogP contribution in [0.3, 0.4) is 0 Å². The predicted octanol–water partition coefficient (Wildman–Crippen LogP) is 2.88. The number of rotatable bonds is 1. The van der Waals surface area contributed by atoms with Crippen LogP contribution < -0.4 is 0 Å². The van der Waals surface area contributed by atoms with E-state index in [1.54, 1.807) is 12.3 Å². The number of halogens is 1. The van der Waals surface area contributed by atoms with Crippen LogP contribution in [0.15, 0.2) is 31.0 Å². The molecule has 0 spiro atoms. The van der Waals surface area contributed by atoms with Gasteiger partial charge in [0.05, 0.1) is 17.4 Å². The summed E-state index contributed by atoms with van der Waals surface area (Å²) < 4.78 is 1.12. The lowest BCUT2D eigenvalue weighted by atomic mass is 10.3. The maximum atomic E-state index is 4.37. The molecular formula is C10H7IN2. The highest BCUT2D eigenvalue weighted by Gasteiger charge is 1.99. The molecule has 0 bridgehead atoms. The molecule has 1 aromatic carbocycles. The second-order valence-corrected chi connectivity index (χ2v) is 3.77. The molecule has 0 amide bonds. The molecule has 2 rings (SSSR count). The topological polar surface area (TPSA) is 25.8 Å². The SMILES string of the molecule is C=Cc1cnc2c(I)cccc2n1. The highest BCUT2D eigenvalue weighted by Crippen LogP contribution is 2.16. The van der Waals surface area contributed by atoms with Crippen LogP contribution in [0, 0.1) is 3.57 Å². The molecule has 0 aliphatic heterocycles. The lowest BCUT2D eigenvalue weighted by Crippen LogP contribution is -1.88. The Hall–Kier alpha value is -0.970. The maximum absolute atomic E-state index is 4.37. The van der Waals surface area contributed by atoms with Crippen molar-refractivity contribution < 1.29 is 0 Å². The zero-order chi connectivity index (χ0) is 9.26. The zero-order valence-electron chi connectivity index (χ0n) is 6.87. The summed E-state index contributed by atoms with van der Waals surface area (Å²) in [5.74, 6) is 0. The van der Waals surface area contributed by atoms with Crippen LogP contribution in [0.5, 0.6) is 0 Å². The van der Waals surface area contributed by atoms with E-state index in [0.29, 0.717) is 0 Å². The molecule has 0 radical (unpaired) electrons. The van der Waals surface area contributed by atoms with E-state index in [4.69, 9.17) is 0 Å². The van der Waals surface area contributed by atoms with Gasteiger partial charge in [-0.15, -0.1) is 0 Å². The summed E-state index contributed by atoms with van der Waals surface area (Å²) in [6.07, 6.45) is 3.43. The van der Waals surface area contributed by atoms with E-state index in [2.05, 4.69) is 39.1 Å². The quantitative estimate of drug-likeness (QED) is 0.752. The van der Waals surface area contributed by atoms with Gasteiger partial charge in [-0.3, -0.25) is 4.98 Å². The average Bonchev–Trinajstić information content (AvgIpc) is 2.18. The van der Waals surface area contributed by atoms with Crippen molar-refractivity contribution in [3.63, 3.8) is 0 Å². The van der Waals surface area contributed by atoms with Gasteiger partial charge in [-0.2, -0.15) is 0 Å². The Labute approximate surface area is 89.9 Å². The summed E-state index contributed by atoms with van der Waals surface area (Å²) in [7, 11) is 0.